The van der Waals surface area contributed by atoms with Crippen molar-refractivity contribution in [3.63, 3.8) is 0 Å². The van der Waals surface area contributed by atoms with Gasteiger partial charge in [0.25, 0.3) is 0 Å². The van der Waals surface area contributed by atoms with E-state index in [2.05, 4.69) is 18.7 Å². The zero-order chi connectivity index (χ0) is 14.3. The van der Waals surface area contributed by atoms with Crippen molar-refractivity contribution in [1.82, 2.24) is 9.80 Å². The molecule has 1 heterocycles. The van der Waals surface area contributed by atoms with Crippen LogP contribution in [0.15, 0.2) is 0 Å². The Hall–Kier alpha value is -0.610. The van der Waals surface area contributed by atoms with E-state index in [9.17, 15) is 4.79 Å². The molecule has 0 saturated carbocycles. The van der Waals surface area contributed by atoms with Gasteiger partial charge in [-0.05, 0) is 51.7 Å². The van der Waals surface area contributed by atoms with Crippen LogP contribution in [0.25, 0.3) is 0 Å². The maximum absolute atomic E-state index is 10.8. The average Bonchev–Trinajstić information content (AvgIpc) is 2.54. The highest BCUT2D eigenvalue weighted by Crippen LogP contribution is 2.17. The molecule has 0 bridgehead atoms. The van der Waals surface area contributed by atoms with Crippen LogP contribution >= 0.6 is 0 Å². The van der Waals surface area contributed by atoms with Crippen LogP contribution in [0.3, 0.4) is 0 Å². The Balaban J connectivity index is 2.36. The molecule has 0 aromatic heterocycles. The van der Waals surface area contributed by atoms with E-state index in [1.165, 1.54) is 32.4 Å². The summed E-state index contributed by atoms with van der Waals surface area (Å²) in [7, 11) is 1.94. The number of hydrogen-bond acceptors (Lipinski definition) is 3. The summed E-state index contributed by atoms with van der Waals surface area (Å²) in [5.41, 5.74) is 0. The van der Waals surface area contributed by atoms with E-state index in [0.717, 1.165) is 25.3 Å². The van der Waals surface area contributed by atoms with E-state index in [0.29, 0.717) is 6.04 Å². The normalized spacial score (nSPS) is 23.3. The van der Waals surface area contributed by atoms with Crippen LogP contribution in [0.2, 0.25) is 0 Å². The third-order valence-corrected chi connectivity index (χ3v) is 4.15. The second kappa shape index (κ2) is 8.54. The summed E-state index contributed by atoms with van der Waals surface area (Å²) in [5, 5.41) is 8.86. The highest BCUT2D eigenvalue weighted by Gasteiger charge is 2.22. The third kappa shape index (κ3) is 6.39. The van der Waals surface area contributed by atoms with E-state index >= 15 is 0 Å². The Kier molecular flexibility index (Phi) is 7.39. The van der Waals surface area contributed by atoms with Crippen molar-refractivity contribution in [2.45, 2.75) is 52.0 Å². The molecule has 4 nitrogen and oxygen atoms in total. The summed E-state index contributed by atoms with van der Waals surface area (Å²) in [5.74, 6) is 0.0541. The molecule has 1 saturated heterocycles. The molecule has 1 fully saturated rings. The fourth-order valence-corrected chi connectivity index (χ4v) is 3.13. The summed E-state index contributed by atoms with van der Waals surface area (Å²) in [6.07, 6.45) is 5.98. The summed E-state index contributed by atoms with van der Waals surface area (Å²) in [4.78, 5) is 15.3. The first-order valence-electron chi connectivity index (χ1n) is 7.67. The molecule has 1 aliphatic rings. The number of likely N-dealkylation sites (N-methyl/N-ethyl adjacent to an activating group) is 1. The standard InChI is InChI=1S/C15H30N2O2/c1-4-6-13(2)11-17-9-5-7-14(8-10-17)16(3)12-15(18)19/h13-14H,4-12H2,1-3H3,(H,18,19). The molecular formula is C15H30N2O2. The van der Waals surface area contributed by atoms with Crippen LogP contribution in [-0.2, 0) is 4.79 Å². The SMILES string of the molecule is CCCC(C)CN1CCCC(N(C)CC(=O)O)CC1. The quantitative estimate of drug-likeness (QED) is 0.771. The largest absolute Gasteiger partial charge is 0.480 e. The fraction of sp³-hybridized carbons (Fsp3) is 0.933. The van der Waals surface area contributed by atoms with Gasteiger partial charge in [-0.1, -0.05) is 20.3 Å². The van der Waals surface area contributed by atoms with Gasteiger partial charge in [-0.25, -0.2) is 0 Å². The molecule has 0 aromatic rings. The van der Waals surface area contributed by atoms with Crippen LogP contribution in [0.4, 0.5) is 0 Å². The zero-order valence-electron chi connectivity index (χ0n) is 12.8. The van der Waals surface area contributed by atoms with Crippen molar-refractivity contribution < 1.29 is 9.90 Å². The lowest BCUT2D eigenvalue weighted by molar-refractivity contribution is -0.138. The van der Waals surface area contributed by atoms with E-state index in [1.807, 2.05) is 11.9 Å². The van der Waals surface area contributed by atoms with Gasteiger partial charge in [0.2, 0.25) is 0 Å². The van der Waals surface area contributed by atoms with Gasteiger partial charge < -0.3 is 10.0 Å². The molecule has 19 heavy (non-hydrogen) atoms. The van der Waals surface area contributed by atoms with Gasteiger partial charge in [-0.2, -0.15) is 0 Å². The highest BCUT2D eigenvalue weighted by molar-refractivity contribution is 5.69. The number of carbonyl (C=O) groups is 1. The van der Waals surface area contributed by atoms with E-state index in [4.69, 9.17) is 5.11 Å². The second-order valence-corrected chi connectivity index (χ2v) is 6.09. The fourth-order valence-electron chi connectivity index (χ4n) is 3.13. The number of aliphatic carboxylic acids is 1. The van der Waals surface area contributed by atoms with E-state index in [1.54, 1.807) is 0 Å². The maximum Gasteiger partial charge on any atom is 0.317 e. The Morgan fingerprint density at radius 3 is 2.79 bits per heavy atom. The van der Waals surface area contributed by atoms with Crippen LogP contribution in [0, 0.1) is 5.92 Å². The predicted molar refractivity (Wildman–Crippen MR) is 78.4 cm³/mol. The zero-order valence-corrected chi connectivity index (χ0v) is 12.8. The minimum absolute atomic E-state index is 0.164. The molecule has 0 amide bonds. The summed E-state index contributed by atoms with van der Waals surface area (Å²) >= 11 is 0. The van der Waals surface area contributed by atoms with Gasteiger partial charge in [-0.3, -0.25) is 9.69 Å². The maximum atomic E-state index is 10.8. The van der Waals surface area contributed by atoms with Crippen molar-refractivity contribution in [1.29, 1.82) is 0 Å². The topological polar surface area (TPSA) is 43.8 Å². The molecule has 0 aliphatic carbocycles. The molecule has 1 rings (SSSR count). The molecule has 4 heteroatoms. The monoisotopic (exact) mass is 270 g/mol. The lowest BCUT2D eigenvalue weighted by atomic mass is 10.1. The van der Waals surface area contributed by atoms with Gasteiger partial charge in [0.15, 0.2) is 0 Å². The Morgan fingerprint density at radius 2 is 2.16 bits per heavy atom. The highest BCUT2D eigenvalue weighted by atomic mass is 16.4. The number of carboxylic acid groups (broad SMARTS) is 1. The molecule has 1 aliphatic heterocycles. The number of carboxylic acids is 1. The molecule has 0 radical (unpaired) electrons. The molecule has 112 valence electrons. The van der Waals surface area contributed by atoms with Gasteiger partial charge >= 0.3 is 5.97 Å². The van der Waals surface area contributed by atoms with Crippen molar-refractivity contribution in [3.8, 4) is 0 Å². The molecular weight excluding hydrogens is 240 g/mol. The van der Waals surface area contributed by atoms with Gasteiger partial charge in [0, 0.05) is 12.6 Å². The molecule has 2 unspecified atom stereocenters. The van der Waals surface area contributed by atoms with E-state index in [-0.39, 0.29) is 6.54 Å². The summed E-state index contributed by atoms with van der Waals surface area (Å²) in [6, 6.07) is 0.433. The smallest absolute Gasteiger partial charge is 0.317 e. The van der Waals surface area contributed by atoms with Crippen LogP contribution in [-0.4, -0.2) is 60.1 Å². The number of likely N-dealkylation sites (tertiary alicyclic amines) is 1. The third-order valence-electron chi connectivity index (χ3n) is 4.15. The summed E-state index contributed by atoms with van der Waals surface area (Å²) < 4.78 is 0. The Labute approximate surface area is 117 Å². The summed E-state index contributed by atoms with van der Waals surface area (Å²) in [6.45, 7) is 8.23. The minimum atomic E-state index is -0.722. The minimum Gasteiger partial charge on any atom is -0.480 e. The van der Waals surface area contributed by atoms with Gasteiger partial charge in [-0.15, -0.1) is 0 Å². The first-order valence-corrected chi connectivity index (χ1v) is 7.67. The van der Waals surface area contributed by atoms with E-state index < -0.39 is 5.97 Å². The van der Waals surface area contributed by atoms with Crippen LogP contribution in [0.5, 0.6) is 0 Å². The first kappa shape index (κ1) is 16.4. The number of nitrogens with zero attached hydrogens (tertiary/aromatic N) is 2. The second-order valence-electron chi connectivity index (χ2n) is 6.09. The molecule has 0 spiro atoms. The van der Waals surface area contributed by atoms with Crippen molar-refractivity contribution >= 4 is 5.97 Å². The molecule has 0 aromatic carbocycles. The molecule has 1 N–H and O–H groups in total. The predicted octanol–water partition coefficient (Wildman–Crippen LogP) is 2.29. The number of rotatable bonds is 7. The van der Waals surface area contributed by atoms with Crippen molar-refractivity contribution in [3.05, 3.63) is 0 Å². The average molecular weight is 270 g/mol. The Morgan fingerprint density at radius 1 is 1.42 bits per heavy atom. The lowest BCUT2D eigenvalue weighted by Gasteiger charge is -2.26. The van der Waals surface area contributed by atoms with Gasteiger partial charge in [0.05, 0.1) is 6.54 Å². The van der Waals surface area contributed by atoms with Crippen molar-refractivity contribution in [2.24, 2.45) is 5.92 Å². The Bertz CT molecular complexity index is 271. The van der Waals surface area contributed by atoms with Crippen molar-refractivity contribution in [2.75, 3.05) is 33.2 Å². The van der Waals surface area contributed by atoms with Gasteiger partial charge in [0.1, 0.15) is 0 Å². The lowest BCUT2D eigenvalue weighted by Crippen LogP contribution is -2.37. The number of hydrogen-bond donors (Lipinski definition) is 1. The van der Waals surface area contributed by atoms with Crippen LogP contribution < -0.4 is 0 Å². The first-order chi connectivity index (χ1) is 9.02. The molecule has 2 atom stereocenters. The van der Waals surface area contributed by atoms with Crippen LogP contribution in [0.1, 0.15) is 46.0 Å².